The maximum absolute atomic E-state index is 6.97. The summed E-state index contributed by atoms with van der Waals surface area (Å²) in [5.41, 5.74) is 22.2. The van der Waals surface area contributed by atoms with E-state index < -0.39 is 0 Å². The number of rotatable bonds is 3. The van der Waals surface area contributed by atoms with Gasteiger partial charge in [-0.1, -0.05) is 109 Å². The molecule has 0 radical (unpaired) electrons. The summed E-state index contributed by atoms with van der Waals surface area (Å²) < 4.78 is 29.5. The molecular weight excluding hydrogens is 859 g/mol. The molecule has 1 saturated carbocycles. The van der Waals surface area contributed by atoms with Crippen LogP contribution in [-0.4, -0.2) is 4.57 Å². The van der Waals surface area contributed by atoms with Gasteiger partial charge in [-0.05, 0) is 138 Å². The second-order valence-corrected chi connectivity index (χ2v) is 20.4. The number of aryl methyl sites for hydroxylation is 2. The van der Waals surface area contributed by atoms with Gasteiger partial charge in [-0.15, -0.1) is 0 Å². The molecule has 0 saturated heterocycles. The third-order valence-electron chi connectivity index (χ3n) is 16.8. The molecule has 0 N–H and O–H groups in total. The Labute approximate surface area is 401 Å². The van der Waals surface area contributed by atoms with E-state index in [-0.39, 0.29) is 5.92 Å². The average molecular weight is 902 g/mol. The molecule has 17 rings (SSSR count). The Balaban J connectivity index is 0.873. The highest BCUT2D eigenvalue weighted by Crippen LogP contribution is 2.58. The molecule has 0 bridgehead atoms. The number of fused-ring (bicyclic) bond motifs is 22. The van der Waals surface area contributed by atoms with E-state index in [1.54, 1.807) is 0 Å². The standard InChI is InChI=1S/C65H43NO4/c1-6-14-57-42(9-1)47-24-23-46-41(38-21-28-60-51(32-38)44-11-3-5-13-56(44)67-60)22-19-35-17-18-36(30-49(35)61(46)64(47)69-57)37-20-26-54-53(31-37)62-55(27-25-48-43-10-2-7-15-58(43)70-65(48)62)66(54)40-29-39-33-50(39)63-52(34-40)45-12-4-8-16-59(45)68-63/h1-18,20-21,23-24,26,28,30-32,34,39,41,50H,19,22,25,27,29,33H2. The molecule has 5 heterocycles. The van der Waals surface area contributed by atoms with Crippen LogP contribution in [0.3, 0.4) is 0 Å². The summed E-state index contributed by atoms with van der Waals surface area (Å²) in [6.45, 7) is 0. The fraction of sp³-hybridized carbons (Fsp3) is 0.138. The Kier molecular flexibility index (Phi) is 7.37. The normalized spacial score (nSPS) is 18.2. The van der Waals surface area contributed by atoms with Crippen molar-refractivity contribution in [3.05, 3.63) is 203 Å². The van der Waals surface area contributed by atoms with Crippen LogP contribution in [0.15, 0.2) is 181 Å². The minimum Gasteiger partial charge on any atom is -0.460 e. The molecule has 0 aliphatic heterocycles. The van der Waals surface area contributed by atoms with Crippen LogP contribution >= 0.6 is 0 Å². The lowest BCUT2D eigenvalue weighted by atomic mass is 9.84. The Hall–Kier alpha value is -8.28. The van der Waals surface area contributed by atoms with Gasteiger partial charge >= 0.3 is 0 Å². The van der Waals surface area contributed by atoms with Gasteiger partial charge in [0.2, 0.25) is 0 Å². The Bertz CT molecular complexity index is 4460. The summed E-state index contributed by atoms with van der Waals surface area (Å²) in [6.07, 6.45) is 8.44. The lowest BCUT2D eigenvalue weighted by molar-refractivity contribution is 0.541. The van der Waals surface area contributed by atoms with Gasteiger partial charge in [0.25, 0.3) is 0 Å². The van der Waals surface area contributed by atoms with Crippen LogP contribution in [-0.2, 0) is 19.3 Å². The maximum atomic E-state index is 6.97. The summed E-state index contributed by atoms with van der Waals surface area (Å²) >= 11 is 0. The van der Waals surface area contributed by atoms with Gasteiger partial charge in [0.15, 0.2) is 0 Å². The first-order valence-electron chi connectivity index (χ1n) is 25.1. The molecule has 0 amide bonds. The highest BCUT2D eigenvalue weighted by molar-refractivity contribution is 6.12. The summed E-state index contributed by atoms with van der Waals surface area (Å²) in [5, 5.41) is 8.28. The van der Waals surface area contributed by atoms with Crippen molar-refractivity contribution in [2.45, 2.75) is 50.4 Å². The third kappa shape index (κ3) is 5.16. The number of para-hydroxylation sites is 4. The van der Waals surface area contributed by atoms with Crippen molar-refractivity contribution in [2.24, 2.45) is 5.92 Å². The van der Waals surface area contributed by atoms with E-state index in [4.69, 9.17) is 17.7 Å². The molecule has 3 atom stereocenters. The topological polar surface area (TPSA) is 57.5 Å². The Morgan fingerprint density at radius 2 is 1.21 bits per heavy atom. The molecule has 332 valence electrons. The molecule has 5 aromatic heterocycles. The maximum Gasteiger partial charge on any atom is 0.143 e. The van der Waals surface area contributed by atoms with Crippen molar-refractivity contribution in [1.29, 1.82) is 0 Å². The van der Waals surface area contributed by atoms with Crippen LogP contribution in [0.2, 0.25) is 0 Å². The number of hydrogen-bond acceptors (Lipinski definition) is 4. The molecule has 8 aromatic carbocycles. The van der Waals surface area contributed by atoms with E-state index in [0.29, 0.717) is 11.8 Å². The highest BCUT2D eigenvalue weighted by atomic mass is 16.3. The molecule has 0 spiro atoms. The molecule has 4 aliphatic rings. The van der Waals surface area contributed by atoms with Crippen LogP contribution in [0.4, 0.5) is 0 Å². The van der Waals surface area contributed by atoms with Gasteiger partial charge in [0.05, 0.1) is 5.52 Å². The van der Waals surface area contributed by atoms with Crippen molar-refractivity contribution < 1.29 is 17.7 Å². The molecule has 13 aromatic rings. The van der Waals surface area contributed by atoms with Gasteiger partial charge in [0.1, 0.15) is 45.0 Å². The second kappa shape index (κ2) is 13.7. The first-order valence-corrected chi connectivity index (χ1v) is 25.1. The predicted octanol–water partition coefficient (Wildman–Crippen LogP) is 17.6. The van der Waals surface area contributed by atoms with Gasteiger partial charge in [0, 0.05) is 83.2 Å². The average Bonchev–Trinajstić information content (AvgIpc) is 3.68. The van der Waals surface area contributed by atoms with E-state index in [0.717, 1.165) is 98.7 Å². The van der Waals surface area contributed by atoms with Crippen molar-refractivity contribution >= 4 is 88.5 Å². The van der Waals surface area contributed by atoms with E-state index >= 15 is 0 Å². The minimum absolute atomic E-state index is 0.155. The minimum atomic E-state index is 0.155. The Morgan fingerprint density at radius 3 is 2.07 bits per heavy atom. The summed E-state index contributed by atoms with van der Waals surface area (Å²) in [6, 6.07) is 59.9. The molecular formula is C65H43NO4. The SMILES string of the molecule is C1=C(n2c3c(c4cc(-c5ccc6c(c5)-c5c(ccc7c5oc5ccccc57)C(c5ccc7oc8ccccc8c7c5)CC6)ccc42)-c2oc4ccccc4c2CC3)CC2CC2c2oc3ccccc3c21. The first-order chi connectivity index (χ1) is 34.7. The van der Waals surface area contributed by atoms with Gasteiger partial charge in [-0.2, -0.15) is 0 Å². The van der Waals surface area contributed by atoms with E-state index in [9.17, 15) is 0 Å². The number of benzene rings is 8. The fourth-order valence-electron chi connectivity index (χ4n) is 13.4. The Morgan fingerprint density at radius 1 is 0.500 bits per heavy atom. The fourth-order valence-corrected chi connectivity index (χ4v) is 13.4. The molecule has 5 heteroatoms. The smallest absolute Gasteiger partial charge is 0.143 e. The quantitative estimate of drug-likeness (QED) is 0.177. The number of aromatic nitrogens is 1. The lowest BCUT2D eigenvalue weighted by Crippen LogP contribution is -2.08. The zero-order valence-corrected chi connectivity index (χ0v) is 38.2. The number of furan rings is 4. The monoisotopic (exact) mass is 901 g/mol. The molecule has 4 aliphatic carbocycles. The van der Waals surface area contributed by atoms with Crippen LogP contribution in [0.1, 0.15) is 70.4 Å². The van der Waals surface area contributed by atoms with Gasteiger partial charge in [-0.3, -0.25) is 0 Å². The zero-order chi connectivity index (χ0) is 45.3. The van der Waals surface area contributed by atoms with Crippen LogP contribution in [0.5, 0.6) is 0 Å². The van der Waals surface area contributed by atoms with Crippen molar-refractivity contribution in [2.75, 3.05) is 0 Å². The molecule has 1 fully saturated rings. The summed E-state index contributed by atoms with van der Waals surface area (Å²) in [5.74, 6) is 3.38. The molecule has 3 unspecified atom stereocenters. The van der Waals surface area contributed by atoms with Crippen LogP contribution < -0.4 is 0 Å². The van der Waals surface area contributed by atoms with Gasteiger partial charge < -0.3 is 22.2 Å². The molecule has 70 heavy (non-hydrogen) atoms. The largest absolute Gasteiger partial charge is 0.460 e. The highest BCUT2D eigenvalue weighted by Gasteiger charge is 2.45. The number of hydrogen-bond donors (Lipinski definition) is 0. The zero-order valence-electron chi connectivity index (χ0n) is 38.2. The van der Waals surface area contributed by atoms with Crippen molar-refractivity contribution in [3.8, 4) is 33.6 Å². The summed E-state index contributed by atoms with van der Waals surface area (Å²) in [7, 11) is 0. The van der Waals surface area contributed by atoms with E-state index in [2.05, 4.69) is 168 Å². The van der Waals surface area contributed by atoms with Crippen molar-refractivity contribution in [1.82, 2.24) is 4.57 Å². The third-order valence-corrected chi connectivity index (χ3v) is 16.8. The second-order valence-electron chi connectivity index (χ2n) is 20.4. The van der Waals surface area contributed by atoms with Crippen LogP contribution in [0, 0.1) is 5.92 Å². The number of nitrogens with zero attached hydrogens (tertiary/aromatic N) is 1. The lowest BCUT2D eigenvalue weighted by Gasteiger charge is -2.19. The first kappa shape index (κ1) is 37.7. The summed E-state index contributed by atoms with van der Waals surface area (Å²) in [4.78, 5) is 0. The van der Waals surface area contributed by atoms with E-state index in [1.165, 1.54) is 95.1 Å². The molecule has 5 nitrogen and oxygen atoms in total. The predicted molar refractivity (Wildman–Crippen MR) is 282 cm³/mol. The number of allylic oxidation sites excluding steroid dienone is 1. The van der Waals surface area contributed by atoms with Crippen LogP contribution in [0.25, 0.3) is 122 Å². The van der Waals surface area contributed by atoms with E-state index in [1.807, 2.05) is 6.07 Å². The van der Waals surface area contributed by atoms with Gasteiger partial charge in [-0.25, -0.2) is 0 Å². The van der Waals surface area contributed by atoms with Crippen molar-refractivity contribution in [3.63, 3.8) is 0 Å².